The number of carbonyl (C=O) groups excluding carboxylic acids is 2. The van der Waals surface area contributed by atoms with Gasteiger partial charge in [-0.25, -0.2) is 0 Å². The fourth-order valence-corrected chi connectivity index (χ4v) is 0.797. The molecule has 0 amide bonds. The van der Waals surface area contributed by atoms with Crippen molar-refractivity contribution in [1.29, 1.82) is 0 Å². The highest BCUT2D eigenvalue weighted by atomic mass is 19.4. The number of hydrogen-bond donors (Lipinski definition) is 1. The lowest BCUT2D eigenvalue weighted by Crippen LogP contribution is -2.63. The smallest absolute Gasteiger partial charge is 0.331 e. The van der Waals surface area contributed by atoms with Crippen molar-refractivity contribution in [2.75, 3.05) is 0 Å². The Bertz CT molecular complexity index is 444. The Balaban J connectivity index is 5.90. The van der Waals surface area contributed by atoms with E-state index in [9.17, 15) is 57.9 Å². The summed E-state index contributed by atoms with van der Waals surface area (Å²) >= 11 is 0. The van der Waals surface area contributed by atoms with Crippen molar-refractivity contribution in [2.24, 2.45) is 0 Å². The summed E-state index contributed by atoms with van der Waals surface area (Å²) in [6.07, 6.45) is -13.3. The molecule has 0 spiro atoms. The average Bonchev–Trinajstić information content (AvgIpc) is 2.23. The lowest BCUT2D eigenvalue weighted by molar-refractivity contribution is -0.321. The summed E-state index contributed by atoms with van der Waals surface area (Å²) in [4.78, 5) is 20.3. The zero-order chi connectivity index (χ0) is 17.7. The predicted molar refractivity (Wildman–Crippen MR) is 38.1 cm³/mol. The number of rotatable bonds is 5. The summed E-state index contributed by atoms with van der Waals surface area (Å²) in [5.74, 6) is -30.5. The van der Waals surface area contributed by atoms with Gasteiger partial charge in [0, 0.05) is 0 Å². The fraction of sp³-hybridized carbons (Fsp3) is 0.714. The first-order valence-electron chi connectivity index (χ1n) is 4.21. The normalized spacial score (nSPS) is 15.0. The Morgan fingerprint density at radius 3 is 1.10 bits per heavy atom. The molecule has 0 heterocycles. The van der Waals surface area contributed by atoms with E-state index in [2.05, 4.69) is 0 Å². The second-order valence-corrected chi connectivity index (χ2v) is 3.42. The predicted octanol–water partition coefficient (Wildman–Crippen LogP) is 2.18. The van der Waals surface area contributed by atoms with Gasteiger partial charge >= 0.3 is 35.8 Å². The summed E-state index contributed by atoms with van der Waals surface area (Å²) in [6, 6.07) is 0. The van der Waals surface area contributed by atoms with Crippen LogP contribution in [0.3, 0.4) is 0 Å². The van der Waals surface area contributed by atoms with Gasteiger partial charge in [-0.2, -0.15) is 48.3 Å². The lowest BCUT2D eigenvalue weighted by atomic mass is 9.98. The van der Waals surface area contributed by atoms with E-state index >= 15 is 0 Å². The molecule has 1 N–H and O–H groups in total. The molecule has 0 saturated carbocycles. The number of ketones is 2. The Morgan fingerprint density at radius 2 is 0.857 bits per heavy atom. The Kier molecular flexibility index (Phi) is 4.44. The van der Waals surface area contributed by atoms with Crippen LogP contribution in [0, 0.1) is 0 Å². The quantitative estimate of drug-likeness (QED) is 0.780. The minimum atomic E-state index is -7.16. The Hall–Kier alpha value is -1.47. The zero-order valence-electron chi connectivity index (χ0n) is 8.92. The van der Waals surface area contributed by atoms with Crippen molar-refractivity contribution < 1.29 is 63.0 Å². The maximum absolute atomic E-state index is 12.7. The molecule has 0 saturated heterocycles. The van der Waals surface area contributed by atoms with Gasteiger partial charge in [-0.1, -0.05) is 0 Å². The van der Waals surface area contributed by atoms with Crippen LogP contribution in [0.15, 0.2) is 0 Å². The number of halogens is 11. The molecule has 124 valence electrons. The van der Waals surface area contributed by atoms with Crippen LogP contribution in [0.4, 0.5) is 48.3 Å². The van der Waals surface area contributed by atoms with Gasteiger partial charge in [0.25, 0.3) is 5.78 Å². The van der Waals surface area contributed by atoms with Gasteiger partial charge in [-0.05, 0) is 0 Å². The number of alkyl halides is 11. The van der Waals surface area contributed by atoms with Crippen LogP contribution in [0.1, 0.15) is 0 Å². The van der Waals surface area contributed by atoms with Crippen LogP contribution in [0.5, 0.6) is 0 Å². The zero-order valence-corrected chi connectivity index (χ0v) is 8.92. The molecule has 0 aromatic rings. The lowest BCUT2D eigenvalue weighted by Gasteiger charge is -2.29. The molecular formula is C7HF11O3. The van der Waals surface area contributed by atoms with E-state index in [4.69, 9.17) is 5.11 Å². The summed E-state index contributed by atoms with van der Waals surface area (Å²) in [7, 11) is 0. The third-order valence-electron chi connectivity index (χ3n) is 1.89. The van der Waals surface area contributed by atoms with Crippen molar-refractivity contribution in [3.63, 3.8) is 0 Å². The molecule has 0 rings (SSSR count). The topological polar surface area (TPSA) is 54.4 Å². The van der Waals surface area contributed by atoms with E-state index in [1.807, 2.05) is 0 Å². The fourth-order valence-electron chi connectivity index (χ4n) is 0.797. The molecule has 0 aliphatic carbocycles. The summed E-state index contributed by atoms with van der Waals surface area (Å²) in [6.45, 7) is 0. The van der Waals surface area contributed by atoms with Crippen LogP contribution in [-0.2, 0) is 9.59 Å². The molecule has 14 heteroatoms. The van der Waals surface area contributed by atoms with Crippen molar-refractivity contribution in [2.45, 2.75) is 30.1 Å². The molecule has 3 nitrogen and oxygen atoms in total. The molecular weight excluding hydrogens is 341 g/mol. The molecule has 0 fully saturated rings. The monoisotopic (exact) mass is 342 g/mol. The van der Waals surface area contributed by atoms with Gasteiger partial charge < -0.3 is 5.11 Å². The number of Topliss-reactive ketones (excluding diaryl/α,β-unsaturated/α-hetero) is 2. The highest BCUT2D eigenvalue weighted by Gasteiger charge is 2.79. The molecule has 0 unspecified atom stereocenters. The highest BCUT2D eigenvalue weighted by Crippen LogP contribution is 2.46. The second-order valence-electron chi connectivity index (χ2n) is 3.42. The minimum Gasteiger partial charge on any atom is -0.331 e. The van der Waals surface area contributed by atoms with Crippen LogP contribution in [-0.4, -0.2) is 46.7 Å². The van der Waals surface area contributed by atoms with Crippen LogP contribution in [0.2, 0.25) is 0 Å². The Labute approximate surface area is 106 Å². The van der Waals surface area contributed by atoms with Gasteiger partial charge in [-0.15, -0.1) is 0 Å². The van der Waals surface area contributed by atoms with E-state index in [-0.39, 0.29) is 0 Å². The largest absolute Gasteiger partial charge is 0.456 e. The average molecular weight is 342 g/mol. The summed E-state index contributed by atoms with van der Waals surface area (Å²) in [5.41, 5.74) is 0. The first-order chi connectivity index (χ1) is 8.81. The van der Waals surface area contributed by atoms with Crippen LogP contribution < -0.4 is 0 Å². The van der Waals surface area contributed by atoms with Crippen molar-refractivity contribution in [3.8, 4) is 0 Å². The minimum absolute atomic E-state index is 4.61. The van der Waals surface area contributed by atoms with Gasteiger partial charge in [0.15, 0.2) is 0 Å². The van der Waals surface area contributed by atoms with Gasteiger partial charge in [0.1, 0.15) is 0 Å². The van der Waals surface area contributed by atoms with Crippen molar-refractivity contribution in [3.05, 3.63) is 0 Å². The number of aliphatic hydroxyl groups is 1. The maximum atomic E-state index is 12.7. The molecule has 21 heavy (non-hydrogen) atoms. The second kappa shape index (κ2) is 4.78. The molecule has 0 aromatic heterocycles. The van der Waals surface area contributed by atoms with E-state index in [1.165, 1.54) is 0 Å². The third kappa shape index (κ3) is 3.08. The molecule has 0 aliphatic rings. The number of carbonyl (C=O) groups is 2. The standard InChI is InChI=1S/C7HF11O3/c8-3(9,1(19)5(12,13)7(17,18)21)4(10,11)2(20)6(14,15)16/h21H. The SMILES string of the molecule is O=C(C(F)(F)F)C(F)(F)C(F)(F)C(=O)C(F)(F)C(O)(F)F. The van der Waals surface area contributed by atoms with Crippen LogP contribution >= 0.6 is 0 Å². The maximum Gasteiger partial charge on any atom is 0.456 e. The summed E-state index contributed by atoms with van der Waals surface area (Å²) < 4.78 is 134. The van der Waals surface area contributed by atoms with Crippen molar-refractivity contribution in [1.82, 2.24) is 0 Å². The summed E-state index contributed by atoms with van der Waals surface area (Å²) in [5, 5.41) is 7.45. The molecule has 0 radical (unpaired) electrons. The van der Waals surface area contributed by atoms with Gasteiger partial charge in [0.05, 0.1) is 0 Å². The molecule has 0 atom stereocenters. The van der Waals surface area contributed by atoms with Gasteiger partial charge in [0.2, 0.25) is 0 Å². The van der Waals surface area contributed by atoms with Crippen molar-refractivity contribution >= 4 is 11.6 Å². The molecule has 0 aromatic carbocycles. The Morgan fingerprint density at radius 1 is 0.571 bits per heavy atom. The first-order valence-corrected chi connectivity index (χ1v) is 4.21. The van der Waals surface area contributed by atoms with Gasteiger partial charge in [-0.3, -0.25) is 9.59 Å². The van der Waals surface area contributed by atoms with Crippen LogP contribution in [0.25, 0.3) is 0 Å². The third-order valence-corrected chi connectivity index (χ3v) is 1.89. The van der Waals surface area contributed by atoms with E-state index < -0.39 is 41.6 Å². The van der Waals surface area contributed by atoms with E-state index in [0.717, 1.165) is 0 Å². The molecule has 0 aliphatic heterocycles. The van der Waals surface area contributed by atoms with E-state index in [1.54, 1.807) is 0 Å². The highest BCUT2D eigenvalue weighted by molar-refractivity contribution is 6.02. The molecule has 0 bridgehead atoms. The number of hydrogen-bond acceptors (Lipinski definition) is 3. The first kappa shape index (κ1) is 19.5. The van der Waals surface area contributed by atoms with E-state index in [0.29, 0.717) is 0 Å².